The number of ether oxygens (including phenoxy) is 1. The molecule has 4 heteroatoms. The molecule has 2 aromatic carbocycles. The molecule has 112 valence electrons. The van der Waals surface area contributed by atoms with Crippen molar-refractivity contribution in [3.8, 4) is 5.75 Å². The first-order chi connectivity index (χ1) is 10.2. The van der Waals surface area contributed by atoms with Gasteiger partial charge in [-0.2, -0.15) is 0 Å². The van der Waals surface area contributed by atoms with E-state index in [0.717, 1.165) is 5.56 Å². The standard InChI is InChI=1S/C17H20O4/c18-10-9-16(19)17(20)14-7-4-8-15(11-14)21-12-13-5-2-1-3-6-13/h1-8,11,16-20H,9-10,12H2. The van der Waals surface area contributed by atoms with E-state index in [9.17, 15) is 10.2 Å². The molecule has 2 unspecified atom stereocenters. The van der Waals surface area contributed by atoms with Gasteiger partial charge in [0, 0.05) is 6.61 Å². The molecule has 2 rings (SSSR count). The summed E-state index contributed by atoms with van der Waals surface area (Å²) in [4.78, 5) is 0. The van der Waals surface area contributed by atoms with Crippen molar-refractivity contribution < 1.29 is 20.1 Å². The van der Waals surface area contributed by atoms with Crippen LogP contribution < -0.4 is 4.74 Å². The molecule has 2 aromatic rings. The Hall–Kier alpha value is -1.88. The molecule has 0 saturated carbocycles. The summed E-state index contributed by atoms with van der Waals surface area (Å²) < 4.78 is 5.68. The van der Waals surface area contributed by atoms with Crippen LogP contribution in [0.15, 0.2) is 54.6 Å². The van der Waals surface area contributed by atoms with Gasteiger partial charge in [0.1, 0.15) is 18.5 Å². The zero-order valence-electron chi connectivity index (χ0n) is 11.7. The smallest absolute Gasteiger partial charge is 0.120 e. The van der Waals surface area contributed by atoms with Gasteiger partial charge in [-0.05, 0) is 29.7 Å². The van der Waals surface area contributed by atoms with E-state index in [-0.39, 0.29) is 13.0 Å². The van der Waals surface area contributed by atoms with Crippen molar-refractivity contribution in [3.05, 3.63) is 65.7 Å². The molecule has 2 atom stereocenters. The molecular weight excluding hydrogens is 268 g/mol. The van der Waals surface area contributed by atoms with E-state index in [0.29, 0.717) is 17.9 Å². The van der Waals surface area contributed by atoms with Crippen LogP contribution in [0, 0.1) is 0 Å². The number of aliphatic hydroxyl groups is 3. The molecule has 0 heterocycles. The van der Waals surface area contributed by atoms with Crippen LogP contribution >= 0.6 is 0 Å². The fraction of sp³-hybridized carbons (Fsp3) is 0.294. The first kappa shape index (κ1) is 15.5. The summed E-state index contributed by atoms with van der Waals surface area (Å²) in [5.74, 6) is 0.631. The third-order valence-electron chi connectivity index (χ3n) is 3.24. The SMILES string of the molecule is OCCC(O)C(O)c1cccc(OCc2ccccc2)c1. The van der Waals surface area contributed by atoms with Crippen molar-refractivity contribution >= 4 is 0 Å². The third-order valence-corrected chi connectivity index (χ3v) is 3.24. The van der Waals surface area contributed by atoms with Gasteiger partial charge in [-0.3, -0.25) is 0 Å². The summed E-state index contributed by atoms with van der Waals surface area (Å²) in [5.41, 5.74) is 1.63. The Labute approximate surface area is 124 Å². The molecule has 0 aliphatic carbocycles. The number of rotatable bonds is 7. The van der Waals surface area contributed by atoms with Crippen LogP contribution in [0.1, 0.15) is 23.7 Å². The maximum absolute atomic E-state index is 10.0. The van der Waals surface area contributed by atoms with Crippen molar-refractivity contribution in [2.24, 2.45) is 0 Å². The molecule has 0 radical (unpaired) electrons. The predicted octanol–water partition coefficient (Wildman–Crippen LogP) is 2.04. The Morgan fingerprint density at radius 1 is 0.952 bits per heavy atom. The van der Waals surface area contributed by atoms with Crippen molar-refractivity contribution in [2.45, 2.75) is 25.2 Å². The lowest BCUT2D eigenvalue weighted by atomic mass is 10.0. The minimum absolute atomic E-state index is 0.135. The lowest BCUT2D eigenvalue weighted by Gasteiger charge is -2.18. The van der Waals surface area contributed by atoms with E-state index in [1.807, 2.05) is 30.3 Å². The average Bonchev–Trinajstić information content (AvgIpc) is 2.54. The van der Waals surface area contributed by atoms with Crippen LogP contribution in [0.5, 0.6) is 5.75 Å². The number of hydrogen-bond donors (Lipinski definition) is 3. The molecule has 0 saturated heterocycles. The van der Waals surface area contributed by atoms with Gasteiger partial charge in [0.15, 0.2) is 0 Å². The van der Waals surface area contributed by atoms with Crippen LogP contribution in [-0.4, -0.2) is 28.0 Å². The lowest BCUT2D eigenvalue weighted by Crippen LogP contribution is -2.19. The molecule has 0 aliphatic rings. The van der Waals surface area contributed by atoms with Gasteiger partial charge in [0.05, 0.1) is 6.10 Å². The van der Waals surface area contributed by atoms with Crippen molar-refractivity contribution in [1.82, 2.24) is 0 Å². The van der Waals surface area contributed by atoms with E-state index in [2.05, 4.69) is 0 Å². The highest BCUT2D eigenvalue weighted by atomic mass is 16.5. The minimum Gasteiger partial charge on any atom is -0.489 e. The fourth-order valence-corrected chi connectivity index (χ4v) is 2.04. The van der Waals surface area contributed by atoms with Gasteiger partial charge in [-0.15, -0.1) is 0 Å². The molecule has 0 aliphatic heterocycles. The quantitative estimate of drug-likeness (QED) is 0.729. The molecule has 0 spiro atoms. The lowest BCUT2D eigenvalue weighted by molar-refractivity contribution is 0.00410. The summed E-state index contributed by atoms with van der Waals surface area (Å²) >= 11 is 0. The first-order valence-electron chi connectivity index (χ1n) is 6.94. The number of hydrogen-bond acceptors (Lipinski definition) is 4. The highest BCUT2D eigenvalue weighted by molar-refractivity contribution is 5.30. The second kappa shape index (κ2) is 7.78. The Bertz CT molecular complexity index is 541. The van der Waals surface area contributed by atoms with E-state index < -0.39 is 12.2 Å². The summed E-state index contributed by atoms with van der Waals surface area (Å²) in [6.45, 7) is 0.280. The topological polar surface area (TPSA) is 69.9 Å². The van der Waals surface area contributed by atoms with Crippen LogP contribution in [0.3, 0.4) is 0 Å². The number of benzene rings is 2. The Balaban J connectivity index is 2.00. The maximum atomic E-state index is 10.0. The second-order valence-corrected chi connectivity index (χ2v) is 4.87. The molecule has 21 heavy (non-hydrogen) atoms. The predicted molar refractivity (Wildman–Crippen MR) is 79.9 cm³/mol. The molecule has 0 amide bonds. The Kier molecular flexibility index (Phi) is 5.75. The number of aliphatic hydroxyl groups excluding tert-OH is 3. The second-order valence-electron chi connectivity index (χ2n) is 4.87. The molecular formula is C17H20O4. The van der Waals surface area contributed by atoms with Gasteiger partial charge < -0.3 is 20.1 Å². The zero-order valence-corrected chi connectivity index (χ0v) is 11.7. The van der Waals surface area contributed by atoms with Crippen LogP contribution in [0.4, 0.5) is 0 Å². The normalized spacial score (nSPS) is 13.7. The van der Waals surface area contributed by atoms with Gasteiger partial charge in [0.25, 0.3) is 0 Å². The molecule has 0 bridgehead atoms. The van der Waals surface area contributed by atoms with Crippen LogP contribution in [0.2, 0.25) is 0 Å². The molecule has 3 N–H and O–H groups in total. The summed E-state index contributed by atoms with van der Waals surface area (Å²) in [7, 11) is 0. The van der Waals surface area contributed by atoms with Crippen molar-refractivity contribution in [1.29, 1.82) is 0 Å². The fourth-order valence-electron chi connectivity index (χ4n) is 2.04. The van der Waals surface area contributed by atoms with Gasteiger partial charge in [-0.25, -0.2) is 0 Å². The van der Waals surface area contributed by atoms with Crippen molar-refractivity contribution in [3.63, 3.8) is 0 Å². The third kappa shape index (κ3) is 4.56. The summed E-state index contributed by atoms with van der Waals surface area (Å²) in [6.07, 6.45) is -1.88. The summed E-state index contributed by atoms with van der Waals surface area (Å²) in [5, 5.41) is 28.5. The van der Waals surface area contributed by atoms with Crippen LogP contribution in [0.25, 0.3) is 0 Å². The summed E-state index contributed by atoms with van der Waals surface area (Å²) in [6, 6.07) is 16.8. The van der Waals surface area contributed by atoms with Gasteiger partial charge in [0.2, 0.25) is 0 Å². The first-order valence-corrected chi connectivity index (χ1v) is 6.94. The Morgan fingerprint density at radius 2 is 1.71 bits per heavy atom. The molecule has 0 fully saturated rings. The van der Waals surface area contributed by atoms with E-state index in [4.69, 9.17) is 9.84 Å². The van der Waals surface area contributed by atoms with Crippen LogP contribution in [-0.2, 0) is 6.61 Å². The monoisotopic (exact) mass is 288 g/mol. The zero-order chi connectivity index (χ0) is 15.1. The molecule has 4 nitrogen and oxygen atoms in total. The molecule has 0 aromatic heterocycles. The van der Waals surface area contributed by atoms with Crippen molar-refractivity contribution in [2.75, 3.05) is 6.61 Å². The van der Waals surface area contributed by atoms with E-state index in [1.54, 1.807) is 24.3 Å². The highest BCUT2D eigenvalue weighted by Gasteiger charge is 2.18. The van der Waals surface area contributed by atoms with E-state index in [1.165, 1.54) is 0 Å². The minimum atomic E-state index is -1.03. The highest BCUT2D eigenvalue weighted by Crippen LogP contribution is 2.23. The van der Waals surface area contributed by atoms with Gasteiger partial charge >= 0.3 is 0 Å². The van der Waals surface area contributed by atoms with Gasteiger partial charge in [-0.1, -0.05) is 42.5 Å². The van der Waals surface area contributed by atoms with E-state index >= 15 is 0 Å². The largest absolute Gasteiger partial charge is 0.489 e. The Morgan fingerprint density at radius 3 is 2.43 bits per heavy atom. The average molecular weight is 288 g/mol. The maximum Gasteiger partial charge on any atom is 0.120 e.